The first-order valence-corrected chi connectivity index (χ1v) is 11.4. The van der Waals surface area contributed by atoms with Gasteiger partial charge in [-0.25, -0.2) is 4.98 Å². The molecule has 2 aromatic heterocycles. The van der Waals surface area contributed by atoms with E-state index in [2.05, 4.69) is 23.7 Å². The van der Waals surface area contributed by atoms with Gasteiger partial charge in [-0.1, -0.05) is 60.1 Å². The van der Waals surface area contributed by atoms with E-state index in [1.807, 2.05) is 60.0 Å². The lowest BCUT2D eigenvalue weighted by atomic mass is 10.1. The van der Waals surface area contributed by atoms with E-state index < -0.39 is 6.10 Å². The quantitative estimate of drug-likeness (QED) is 0.401. The monoisotopic (exact) mass is 453 g/mol. The van der Waals surface area contributed by atoms with Crippen molar-refractivity contribution in [2.45, 2.75) is 32.5 Å². The molecule has 0 saturated heterocycles. The van der Waals surface area contributed by atoms with Gasteiger partial charge in [-0.15, -0.1) is 11.3 Å². The molecule has 31 heavy (non-hydrogen) atoms. The van der Waals surface area contributed by atoms with Gasteiger partial charge in [-0.2, -0.15) is 0 Å². The molecule has 2 heterocycles. The number of aromatic nitrogens is 2. The molecule has 0 radical (unpaired) electrons. The van der Waals surface area contributed by atoms with Gasteiger partial charge in [0, 0.05) is 34.1 Å². The van der Waals surface area contributed by atoms with Crippen molar-refractivity contribution in [1.82, 2.24) is 14.9 Å². The zero-order valence-corrected chi connectivity index (χ0v) is 19.0. The molecule has 2 N–H and O–H groups in total. The summed E-state index contributed by atoms with van der Waals surface area (Å²) in [6.07, 6.45) is -0.618. The molecule has 4 rings (SSSR count). The Labute approximate surface area is 190 Å². The van der Waals surface area contributed by atoms with Gasteiger partial charge in [0.15, 0.2) is 0 Å². The van der Waals surface area contributed by atoms with E-state index >= 15 is 0 Å². The number of thiophene rings is 1. The van der Waals surface area contributed by atoms with Crippen LogP contribution < -0.4 is 5.56 Å². The number of nitrogens with one attached hydrogen (secondary N) is 1. The number of aliphatic hydroxyl groups is 1. The van der Waals surface area contributed by atoms with E-state index in [0.717, 1.165) is 16.7 Å². The maximum atomic E-state index is 13.0. The smallest absolute Gasteiger partial charge is 0.260 e. The number of fused-ring (bicyclic) bond motifs is 1. The van der Waals surface area contributed by atoms with Gasteiger partial charge in [-0.05, 0) is 25.5 Å². The van der Waals surface area contributed by atoms with Crippen LogP contribution in [-0.4, -0.2) is 32.6 Å². The Morgan fingerprint density at radius 1 is 1.10 bits per heavy atom. The van der Waals surface area contributed by atoms with Crippen LogP contribution in [0.3, 0.4) is 0 Å². The normalized spacial score (nSPS) is 12.7. The summed E-state index contributed by atoms with van der Waals surface area (Å²) in [6, 6.07) is 17.2. The van der Waals surface area contributed by atoms with Crippen LogP contribution in [0.5, 0.6) is 0 Å². The van der Waals surface area contributed by atoms with Crippen molar-refractivity contribution in [1.29, 1.82) is 0 Å². The molecule has 1 atom stereocenters. The summed E-state index contributed by atoms with van der Waals surface area (Å²) in [5.74, 6) is 0.582. The third-order valence-corrected chi connectivity index (χ3v) is 6.53. The molecule has 0 aliphatic heterocycles. The highest BCUT2D eigenvalue weighted by Crippen LogP contribution is 2.34. The number of aliphatic hydroxyl groups excluding tert-OH is 1. The van der Waals surface area contributed by atoms with Crippen molar-refractivity contribution in [3.63, 3.8) is 0 Å². The first-order valence-electron chi connectivity index (χ1n) is 10.2. The Balaban J connectivity index is 1.62. The van der Waals surface area contributed by atoms with Crippen molar-refractivity contribution in [3.8, 4) is 11.1 Å². The standard InChI is InChI=1S/C24H24ClN3O2S/c1-15(2)28(12-20(29)16-8-4-3-5-9-16)13-21-26-23(30)22-18(14-31-24(22)27-21)17-10-6-7-11-19(17)25/h3-11,14-15,20,29H,12-13H2,1-2H3,(H,26,27,30)/t20-/m1/s1. The van der Waals surface area contributed by atoms with E-state index in [1.165, 1.54) is 11.3 Å². The summed E-state index contributed by atoms with van der Waals surface area (Å²) < 4.78 is 0. The summed E-state index contributed by atoms with van der Waals surface area (Å²) in [6.45, 7) is 5.01. The van der Waals surface area contributed by atoms with Crippen LogP contribution in [0.4, 0.5) is 0 Å². The van der Waals surface area contributed by atoms with Crippen molar-refractivity contribution < 1.29 is 5.11 Å². The minimum atomic E-state index is -0.618. The zero-order chi connectivity index (χ0) is 22.0. The Hall–Kier alpha value is -2.51. The second-order valence-corrected chi connectivity index (χ2v) is 9.04. The SMILES string of the molecule is CC(C)N(Cc1nc2scc(-c3ccccc3Cl)c2c(=O)[nH]1)C[C@@H](O)c1ccccc1. The molecule has 0 bridgehead atoms. The fourth-order valence-electron chi connectivity index (χ4n) is 3.60. The lowest BCUT2D eigenvalue weighted by molar-refractivity contribution is 0.0891. The summed E-state index contributed by atoms with van der Waals surface area (Å²) in [4.78, 5) is 23.4. The molecule has 5 nitrogen and oxygen atoms in total. The van der Waals surface area contributed by atoms with Crippen LogP contribution in [0.1, 0.15) is 31.3 Å². The van der Waals surface area contributed by atoms with Gasteiger partial charge < -0.3 is 10.1 Å². The molecule has 4 aromatic rings. The second kappa shape index (κ2) is 9.32. The van der Waals surface area contributed by atoms with Gasteiger partial charge >= 0.3 is 0 Å². The second-order valence-electron chi connectivity index (χ2n) is 7.77. The van der Waals surface area contributed by atoms with Crippen molar-refractivity contribution in [2.75, 3.05) is 6.54 Å². The van der Waals surface area contributed by atoms with Crippen LogP contribution in [0.25, 0.3) is 21.3 Å². The maximum Gasteiger partial charge on any atom is 0.260 e. The average molecular weight is 454 g/mol. The molecule has 0 aliphatic rings. The highest BCUT2D eigenvalue weighted by molar-refractivity contribution is 7.17. The average Bonchev–Trinajstić information content (AvgIpc) is 3.18. The Kier molecular flexibility index (Phi) is 6.53. The molecule has 0 saturated carbocycles. The molecule has 0 aliphatic carbocycles. The predicted molar refractivity (Wildman–Crippen MR) is 128 cm³/mol. The Morgan fingerprint density at radius 2 is 1.81 bits per heavy atom. The van der Waals surface area contributed by atoms with Crippen LogP contribution in [0, 0.1) is 0 Å². The third kappa shape index (κ3) is 4.72. The van der Waals surface area contributed by atoms with Gasteiger partial charge in [-0.3, -0.25) is 9.69 Å². The first kappa shape index (κ1) is 21.7. The third-order valence-electron chi connectivity index (χ3n) is 5.33. The van der Waals surface area contributed by atoms with Gasteiger partial charge in [0.05, 0.1) is 18.0 Å². The Morgan fingerprint density at radius 3 is 2.52 bits per heavy atom. The highest BCUT2D eigenvalue weighted by Gasteiger charge is 2.19. The number of H-pyrrole nitrogens is 1. The van der Waals surface area contributed by atoms with E-state index in [0.29, 0.717) is 34.2 Å². The number of halogens is 1. The topological polar surface area (TPSA) is 69.2 Å². The summed E-state index contributed by atoms with van der Waals surface area (Å²) in [5, 5.41) is 13.7. The molecule has 0 fully saturated rings. The van der Waals surface area contributed by atoms with E-state index in [4.69, 9.17) is 16.6 Å². The minimum absolute atomic E-state index is 0.168. The molecule has 0 amide bonds. The fourth-order valence-corrected chi connectivity index (χ4v) is 4.79. The number of nitrogens with zero attached hydrogens (tertiary/aromatic N) is 2. The molecule has 160 valence electrons. The summed E-state index contributed by atoms with van der Waals surface area (Å²) in [7, 11) is 0. The van der Waals surface area contributed by atoms with E-state index in [1.54, 1.807) is 0 Å². The molecule has 0 unspecified atom stereocenters. The molecule has 0 spiro atoms. The molecule has 7 heteroatoms. The maximum absolute atomic E-state index is 13.0. The zero-order valence-electron chi connectivity index (χ0n) is 17.4. The molecular formula is C24H24ClN3O2S. The molecular weight excluding hydrogens is 430 g/mol. The number of benzene rings is 2. The van der Waals surface area contributed by atoms with Gasteiger partial charge in [0.25, 0.3) is 5.56 Å². The van der Waals surface area contributed by atoms with Crippen LogP contribution in [-0.2, 0) is 6.54 Å². The van der Waals surface area contributed by atoms with Gasteiger partial charge in [0.1, 0.15) is 10.7 Å². The first-order chi connectivity index (χ1) is 14.9. The lowest BCUT2D eigenvalue weighted by Crippen LogP contribution is -2.35. The van der Waals surface area contributed by atoms with E-state index in [9.17, 15) is 9.90 Å². The van der Waals surface area contributed by atoms with Crippen molar-refractivity contribution in [2.24, 2.45) is 0 Å². The van der Waals surface area contributed by atoms with Crippen LogP contribution >= 0.6 is 22.9 Å². The largest absolute Gasteiger partial charge is 0.387 e. The number of hydrogen-bond acceptors (Lipinski definition) is 5. The van der Waals surface area contributed by atoms with Crippen molar-refractivity contribution >= 4 is 33.2 Å². The summed E-state index contributed by atoms with van der Waals surface area (Å²) >= 11 is 7.78. The van der Waals surface area contributed by atoms with Crippen LogP contribution in [0.15, 0.2) is 64.8 Å². The van der Waals surface area contributed by atoms with Crippen molar-refractivity contribution in [3.05, 3.63) is 86.7 Å². The fraction of sp³-hybridized carbons (Fsp3) is 0.250. The summed E-state index contributed by atoms with van der Waals surface area (Å²) in [5.41, 5.74) is 2.31. The van der Waals surface area contributed by atoms with E-state index in [-0.39, 0.29) is 11.6 Å². The number of aromatic amines is 1. The van der Waals surface area contributed by atoms with Crippen LogP contribution in [0.2, 0.25) is 5.02 Å². The van der Waals surface area contributed by atoms with Gasteiger partial charge in [0.2, 0.25) is 0 Å². The Bertz CT molecular complexity index is 1240. The number of rotatable bonds is 7. The minimum Gasteiger partial charge on any atom is -0.387 e. The number of hydrogen-bond donors (Lipinski definition) is 2. The molecule has 2 aromatic carbocycles. The lowest BCUT2D eigenvalue weighted by Gasteiger charge is -2.28. The highest BCUT2D eigenvalue weighted by atomic mass is 35.5. The predicted octanol–water partition coefficient (Wildman–Crippen LogP) is 5.25.